The van der Waals surface area contributed by atoms with Gasteiger partial charge in [-0.15, -0.1) is 0 Å². The second kappa shape index (κ2) is 13.2. The molecule has 1 fully saturated rings. The van der Waals surface area contributed by atoms with Gasteiger partial charge in [-0.3, -0.25) is 4.79 Å². The van der Waals surface area contributed by atoms with E-state index < -0.39 is 38.9 Å². The first-order valence-electron chi connectivity index (χ1n) is 14.7. The second-order valence-corrected chi connectivity index (χ2v) is 13.8. The quantitative estimate of drug-likeness (QED) is 0.225. The summed E-state index contributed by atoms with van der Waals surface area (Å²) in [6.07, 6.45) is 2.34. The molecule has 3 N–H and O–H groups in total. The number of fused-ring (bicyclic) bond motifs is 1. The van der Waals surface area contributed by atoms with Gasteiger partial charge in [-0.1, -0.05) is 37.3 Å². The summed E-state index contributed by atoms with van der Waals surface area (Å²) in [6, 6.07) is 18.9. The predicted octanol–water partition coefficient (Wildman–Crippen LogP) is 5.13. The number of para-hydroxylation sites is 1. The van der Waals surface area contributed by atoms with Crippen molar-refractivity contribution in [2.45, 2.75) is 48.4 Å². The zero-order valence-electron chi connectivity index (χ0n) is 25.1. The minimum absolute atomic E-state index is 0.0701. The van der Waals surface area contributed by atoms with Crippen LogP contribution in [-0.2, 0) is 21.2 Å². The molecule has 3 aromatic carbocycles. The smallest absolute Gasteiger partial charge is 0.318 e. The average Bonchev–Trinajstić information content (AvgIpc) is 3.44. The van der Waals surface area contributed by atoms with Gasteiger partial charge in [-0.2, -0.15) is 0 Å². The number of nitrogens with zero attached hydrogens (tertiary/aromatic N) is 2. The first kappa shape index (κ1) is 31.2. The molecule has 9 nitrogen and oxygen atoms in total. The first-order valence-corrected chi connectivity index (χ1v) is 16.2. The van der Waals surface area contributed by atoms with E-state index in [1.54, 1.807) is 4.90 Å². The Morgan fingerprint density at radius 1 is 1.02 bits per heavy atom. The highest BCUT2D eigenvalue weighted by Crippen LogP contribution is 2.29. The molecule has 1 aliphatic heterocycles. The number of aromatic amines is 1. The number of hydrogen-bond acceptors (Lipinski definition) is 5. The number of hydrogen-bond donors (Lipinski definition) is 3. The summed E-state index contributed by atoms with van der Waals surface area (Å²) in [5.41, 5.74) is 3.50. The lowest BCUT2D eigenvalue weighted by Gasteiger charge is -2.34. The highest BCUT2D eigenvalue weighted by atomic mass is 32.2. The fourth-order valence-electron chi connectivity index (χ4n) is 5.81. The van der Waals surface area contributed by atoms with Crippen LogP contribution in [-0.4, -0.2) is 73.6 Å². The number of urea groups is 1. The minimum Gasteiger partial charge on any atom is -0.361 e. The molecule has 3 amide bonds. The molecule has 1 aliphatic rings. The van der Waals surface area contributed by atoms with Crippen LogP contribution in [0.15, 0.2) is 83.9 Å². The van der Waals surface area contributed by atoms with Crippen LogP contribution in [0.1, 0.15) is 36.8 Å². The predicted molar refractivity (Wildman–Crippen MR) is 170 cm³/mol. The van der Waals surface area contributed by atoms with Gasteiger partial charge in [0.15, 0.2) is 9.84 Å². The molecule has 0 spiro atoms. The van der Waals surface area contributed by atoms with Gasteiger partial charge in [-0.25, -0.2) is 17.6 Å². The van der Waals surface area contributed by atoms with E-state index in [1.165, 1.54) is 12.1 Å². The maximum Gasteiger partial charge on any atom is 0.318 e. The van der Waals surface area contributed by atoms with Gasteiger partial charge in [0.25, 0.3) is 0 Å². The molecule has 1 aromatic heterocycles. The second-order valence-electron chi connectivity index (χ2n) is 11.6. The van der Waals surface area contributed by atoms with Crippen molar-refractivity contribution in [3.8, 4) is 0 Å². The number of H-pyrrole nitrogens is 1. The number of piperidine rings is 1. The Labute approximate surface area is 257 Å². The molecule has 2 atom stereocenters. The Kier molecular flexibility index (Phi) is 9.36. The van der Waals surface area contributed by atoms with E-state index in [0.29, 0.717) is 12.2 Å². The number of aromatic nitrogens is 1. The Hall–Kier alpha value is -4.22. The molecular weight excluding hydrogens is 581 g/mol. The SMILES string of the molecule is CC(c1c[nH]c2ccccc12)C(NC(=O)N1CCC(S(=O)(=O)c2ccc(F)cc2)CC1)C(=O)Nc1cccc(CN(C)C)c1. The third-order valence-corrected chi connectivity index (χ3v) is 10.5. The number of benzene rings is 3. The zero-order valence-corrected chi connectivity index (χ0v) is 25.9. The van der Waals surface area contributed by atoms with E-state index in [1.807, 2.05) is 80.6 Å². The van der Waals surface area contributed by atoms with Gasteiger partial charge in [0.05, 0.1) is 10.1 Å². The number of rotatable bonds is 9. The van der Waals surface area contributed by atoms with E-state index in [-0.39, 0.29) is 36.7 Å². The molecule has 0 saturated carbocycles. The van der Waals surface area contributed by atoms with Gasteiger partial charge in [-0.05, 0) is 80.5 Å². The molecule has 1 saturated heterocycles. The third kappa shape index (κ3) is 6.95. The van der Waals surface area contributed by atoms with Crippen LogP contribution in [0.4, 0.5) is 14.9 Å². The van der Waals surface area contributed by atoms with Crippen LogP contribution in [0.2, 0.25) is 0 Å². The standard InChI is InChI=1S/C33H38FN5O4S/c1-22(29-20-35-30-10-5-4-9-28(29)30)31(32(40)36-25-8-6-7-23(19-25)21-38(2)3)37-33(41)39-17-15-27(16-18-39)44(42,43)26-13-11-24(34)12-14-26/h4-14,19-20,22,27,31,35H,15-18,21H2,1-3H3,(H,36,40)(H,37,41). The summed E-state index contributed by atoms with van der Waals surface area (Å²) in [5.74, 6) is -1.25. The monoisotopic (exact) mass is 619 g/mol. The molecule has 0 bridgehead atoms. The van der Waals surface area contributed by atoms with Crippen molar-refractivity contribution in [2.75, 3.05) is 32.5 Å². The number of likely N-dealkylation sites (tertiary alicyclic amines) is 1. The molecule has 0 aliphatic carbocycles. The van der Waals surface area contributed by atoms with Crippen molar-refractivity contribution >= 4 is 38.4 Å². The first-order chi connectivity index (χ1) is 21.0. The van der Waals surface area contributed by atoms with Crippen LogP contribution in [0.25, 0.3) is 10.9 Å². The highest BCUT2D eigenvalue weighted by Gasteiger charge is 2.35. The van der Waals surface area contributed by atoms with Gasteiger partial charge in [0.2, 0.25) is 5.91 Å². The van der Waals surface area contributed by atoms with E-state index >= 15 is 0 Å². The van der Waals surface area contributed by atoms with E-state index in [2.05, 4.69) is 15.6 Å². The molecular formula is C33H38FN5O4S. The van der Waals surface area contributed by atoms with Crippen LogP contribution < -0.4 is 10.6 Å². The molecule has 2 heterocycles. The average molecular weight is 620 g/mol. The van der Waals surface area contributed by atoms with Gasteiger partial charge >= 0.3 is 6.03 Å². The lowest BCUT2D eigenvalue weighted by atomic mass is 9.92. The summed E-state index contributed by atoms with van der Waals surface area (Å²) < 4.78 is 39.6. The zero-order chi connectivity index (χ0) is 31.4. The summed E-state index contributed by atoms with van der Waals surface area (Å²) in [5, 5.41) is 6.24. The lowest BCUT2D eigenvalue weighted by Crippen LogP contribution is -2.53. The minimum atomic E-state index is -3.67. The molecule has 4 aromatic rings. The van der Waals surface area contributed by atoms with E-state index in [4.69, 9.17) is 0 Å². The van der Waals surface area contributed by atoms with Gasteiger partial charge in [0.1, 0.15) is 11.9 Å². The molecule has 44 heavy (non-hydrogen) atoms. The summed E-state index contributed by atoms with van der Waals surface area (Å²) in [7, 11) is 0.276. The topological polar surface area (TPSA) is 115 Å². The Bertz CT molecular complexity index is 1730. The summed E-state index contributed by atoms with van der Waals surface area (Å²) in [6.45, 7) is 3.03. The van der Waals surface area contributed by atoms with Crippen LogP contribution in [0, 0.1) is 5.82 Å². The van der Waals surface area contributed by atoms with E-state index in [9.17, 15) is 22.4 Å². The largest absolute Gasteiger partial charge is 0.361 e. The Balaban J connectivity index is 1.33. The molecule has 11 heteroatoms. The number of carbonyl (C=O) groups is 2. The number of carbonyl (C=O) groups excluding carboxylic acids is 2. The fraction of sp³-hybridized carbons (Fsp3) is 0.333. The summed E-state index contributed by atoms with van der Waals surface area (Å²) in [4.78, 5) is 34.3. The molecule has 5 rings (SSSR count). The summed E-state index contributed by atoms with van der Waals surface area (Å²) >= 11 is 0. The van der Waals surface area contributed by atoms with Crippen molar-refractivity contribution in [3.63, 3.8) is 0 Å². The van der Waals surface area contributed by atoms with Crippen molar-refractivity contribution in [1.82, 2.24) is 20.1 Å². The number of halogens is 1. The van der Waals surface area contributed by atoms with Crippen molar-refractivity contribution in [1.29, 1.82) is 0 Å². The van der Waals surface area contributed by atoms with Crippen molar-refractivity contribution in [3.05, 3.63) is 95.9 Å². The van der Waals surface area contributed by atoms with Crippen LogP contribution >= 0.6 is 0 Å². The maximum atomic E-state index is 13.8. The number of amides is 3. The normalized spacial score (nSPS) is 15.7. The number of nitrogens with one attached hydrogen (secondary N) is 3. The van der Waals surface area contributed by atoms with Crippen molar-refractivity contribution < 1.29 is 22.4 Å². The maximum absolute atomic E-state index is 13.8. The van der Waals surface area contributed by atoms with Gasteiger partial charge in [0, 0.05) is 48.3 Å². The molecule has 232 valence electrons. The number of anilines is 1. The van der Waals surface area contributed by atoms with Gasteiger partial charge < -0.3 is 25.4 Å². The third-order valence-electron chi connectivity index (χ3n) is 8.18. The van der Waals surface area contributed by atoms with Crippen LogP contribution in [0.5, 0.6) is 0 Å². The Morgan fingerprint density at radius 3 is 2.43 bits per heavy atom. The highest BCUT2D eigenvalue weighted by molar-refractivity contribution is 7.92. The number of sulfone groups is 1. The fourth-order valence-corrected chi connectivity index (χ4v) is 7.54. The Morgan fingerprint density at radius 2 is 1.73 bits per heavy atom. The molecule has 2 unspecified atom stereocenters. The van der Waals surface area contributed by atoms with Crippen molar-refractivity contribution in [2.24, 2.45) is 0 Å². The van der Waals surface area contributed by atoms with Crippen LogP contribution in [0.3, 0.4) is 0 Å². The van der Waals surface area contributed by atoms with E-state index in [0.717, 1.165) is 34.2 Å². The lowest BCUT2D eigenvalue weighted by molar-refractivity contribution is -0.118. The molecule has 0 radical (unpaired) electrons.